The molecule has 0 fully saturated rings. The molecule has 0 aliphatic carbocycles. The predicted octanol–water partition coefficient (Wildman–Crippen LogP) is 2.12. The molecule has 3 heteroatoms. The Morgan fingerprint density at radius 2 is 2.00 bits per heavy atom. The molecule has 0 aromatic heterocycles. The summed E-state index contributed by atoms with van der Waals surface area (Å²) in [5.41, 5.74) is 0. The third kappa shape index (κ3) is 10.4. The van der Waals surface area contributed by atoms with Gasteiger partial charge in [0.25, 0.3) is 0 Å². The van der Waals surface area contributed by atoms with Gasteiger partial charge in [0.15, 0.2) is 0 Å². The second-order valence-electron chi connectivity index (χ2n) is 4.65. The fraction of sp³-hybridized carbons (Fsp3) is 1.00. The largest absolute Gasteiger partial charge is 0.383 e. The molecule has 1 atom stereocenters. The average molecular weight is 230 g/mol. The minimum absolute atomic E-state index is 0.655. The number of hydrogen-bond acceptors (Lipinski definition) is 3. The van der Waals surface area contributed by atoms with Crippen LogP contribution < -0.4 is 5.32 Å². The zero-order valence-electron chi connectivity index (χ0n) is 11.6. The molecule has 0 aliphatic heterocycles. The van der Waals surface area contributed by atoms with Gasteiger partial charge < -0.3 is 15.0 Å². The molecule has 0 spiro atoms. The van der Waals surface area contributed by atoms with Crippen LogP contribution in [0.15, 0.2) is 0 Å². The Balaban J connectivity index is 3.28. The van der Waals surface area contributed by atoms with Crippen LogP contribution in [0.5, 0.6) is 0 Å². The summed E-state index contributed by atoms with van der Waals surface area (Å²) in [4.78, 5) is 2.30. The van der Waals surface area contributed by atoms with E-state index in [1.54, 1.807) is 7.11 Å². The first-order chi connectivity index (χ1) is 7.70. The second-order valence-corrected chi connectivity index (χ2v) is 4.65. The SMILES string of the molecule is CCCCCC(C)NCCN(C)CCOC. The summed E-state index contributed by atoms with van der Waals surface area (Å²) in [6, 6.07) is 0.655. The van der Waals surface area contributed by atoms with Crippen LogP contribution in [-0.2, 0) is 4.74 Å². The van der Waals surface area contributed by atoms with Crippen LogP contribution >= 0.6 is 0 Å². The Morgan fingerprint density at radius 1 is 1.25 bits per heavy atom. The second kappa shape index (κ2) is 11.4. The summed E-state index contributed by atoms with van der Waals surface area (Å²) in [5, 5.41) is 3.57. The molecule has 0 saturated heterocycles. The minimum atomic E-state index is 0.655. The highest BCUT2D eigenvalue weighted by Gasteiger charge is 2.01. The van der Waals surface area contributed by atoms with E-state index >= 15 is 0 Å². The van der Waals surface area contributed by atoms with Crippen molar-refractivity contribution in [3.8, 4) is 0 Å². The van der Waals surface area contributed by atoms with Gasteiger partial charge in [0.05, 0.1) is 6.61 Å². The summed E-state index contributed by atoms with van der Waals surface area (Å²) in [5.74, 6) is 0. The molecule has 98 valence electrons. The van der Waals surface area contributed by atoms with Gasteiger partial charge >= 0.3 is 0 Å². The molecule has 0 amide bonds. The van der Waals surface area contributed by atoms with Crippen LogP contribution in [-0.4, -0.2) is 51.3 Å². The Kier molecular flexibility index (Phi) is 11.3. The number of ether oxygens (including phenoxy) is 1. The van der Waals surface area contributed by atoms with Gasteiger partial charge in [-0.05, 0) is 20.4 Å². The van der Waals surface area contributed by atoms with Gasteiger partial charge in [-0.3, -0.25) is 0 Å². The van der Waals surface area contributed by atoms with Gasteiger partial charge in [0.2, 0.25) is 0 Å². The molecule has 0 aliphatic rings. The maximum absolute atomic E-state index is 5.04. The first-order valence-corrected chi connectivity index (χ1v) is 6.61. The van der Waals surface area contributed by atoms with E-state index < -0.39 is 0 Å². The number of rotatable bonds is 11. The van der Waals surface area contributed by atoms with Crippen molar-refractivity contribution in [2.24, 2.45) is 0 Å². The third-order valence-corrected chi connectivity index (χ3v) is 2.90. The maximum atomic E-state index is 5.04. The van der Waals surface area contributed by atoms with Crippen molar-refractivity contribution in [2.75, 3.05) is 40.4 Å². The van der Waals surface area contributed by atoms with Crippen LogP contribution in [0.1, 0.15) is 39.5 Å². The smallest absolute Gasteiger partial charge is 0.0589 e. The zero-order chi connectivity index (χ0) is 12.2. The van der Waals surface area contributed by atoms with Crippen molar-refractivity contribution in [3.05, 3.63) is 0 Å². The molecule has 0 bridgehead atoms. The molecule has 0 saturated carbocycles. The van der Waals surface area contributed by atoms with Crippen molar-refractivity contribution in [2.45, 2.75) is 45.6 Å². The van der Waals surface area contributed by atoms with E-state index in [0.29, 0.717) is 6.04 Å². The highest BCUT2D eigenvalue weighted by atomic mass is 16.5. The van der Waals surface area contributed by atoms with Crippen LogP contribution in [0.4, 0.5) is 0 Å². The molecule has 0 radical (unpaired) electrons. The van der Waals surface area contributed by atoms with Gasteiger partial charge in [-0.2, -0.15) is 0 Å². The molecule has 0 heterocycles. The fourth-order valence-electron chi connectivity index (χ4n) is 1.66. The Bertz CT molecular complexity index is 142. The van der Waals surface area contributed by atoms with Crippen molar-refractivity contribution < 1.29 is 4.74 Å². The molecule has 1 N–H and O–H groups in total. The van der Waals surface area contributed by atoms with Crippen molar-refractivity contribution in [1.82, 2.24) is 10.2 Å². The van der Waals surface area contributed by atoms with Crippen LogP contribution in [0.25, 0.3) is 0 Å². The lowest BCUT2D eigenvalue weighted by molar-refractivity contribution is 0.161. The number of hydrogen-bond donors (Lipinski definition) is 1. The van der Waals surface area contributed by atoms with Gasteiger partial charge in [-0.15, -0.1) is 0 Å². The normalized spacial score (nSPS) is 13.3. The minimum Gasteiger partial charge on any atom is -0.383 e. The molecular formula is C13H30N2O. The van der Waals surface area contributed by atoms with Crippen molar-refractivity contribution >= 4 is 0 Å². The standard InChI is InChI=1S/C13H30N2O/c1-5-6-7-8-13(2)14-9-10-15(3)11-12-16-4/h13-14H,5-12H2,1-4H3. The average Bonchev–Trinajstić information content (AvgIpc) is 2.26. The van der Waals surface area contributed by atoms with E-state index in [9.17, 15) is 0 Å². The highest BCUT2D eigenvalue weighted by molar-refractivity contribution is 4.62. The summed E-state index contributed by atoms with van der Waals surface area (Å²) in [6.07, 6.45) is 5.33. The number of methoxy groups -OCH3 is 1. The molecule has 16 heavy (non-hydrogen) atoms. The first-order valence-electron chi connectivity index (χ1n) is 6.61. The molecule has 1 unspecified atom stereocenters. The molecule has 3 nitrogen and oxygen atoms in total. The topological polar surface area (TPSA) is 24.5 Å². The summed E-state index contributed by atoms with van der Waals surface area (Å²) >= 11 is 0. The number of nitrogens with zero attached hydrogens (tertiary/aromatic N) is 1. The quantitative estimate of drug-likeness (QED) is 0.550. The summed E-state index contributed by atoms with van der Waals surface area (Å²) in [7, 11) is 3.89. The van der Waals surface area contributed by atoms with Gasteiger partial charge in [-0.25, -0.2) is 0 Å². The van der Waals surface area contributed by atoms with Crippen LogP contribution in [0, 0.1) is 0 Å². The van der Waals surface area contributed by atoms with Crippen molar-refractivity contribution in [3.63, 3.8) is 0 Å². The van der Waals surface area contributed by atoms with Crippen molar-refractivity contribution in [1.29, 1.82) is 0 Å². The van der Waals surface area contributed by atoms with E-state index in [1.807, 2.05) is 0 Å². The lowest BCUT2D eigenvalue weighted by Gasteiger charge is -2.19. The van der Waals surface area contributed by atoms with E-state index in [1.165, 1.54) is 25.7 Å². The molecule has 0 aromatic rings. The summed E-state index contributed by atoms with van der Waals surface area (Å²) in [6.45, 7) is 8.55. The number of unbranched alkanes of at least 4 members (excludes halogenated alkanes) is 2. The zero-order valence-corrected chi connectivity index (χ0v) is 11.6. The highest BCUT2D eigenvalue weighted by Crippen LogP contribution is 2.02. The Morgan fingerprint density at radius 3 is 2.62 bits per heavy atom. The van der Waals surface area contributed by atoms with Gasteiger partial charge in [0, 0.05) is 32.8 Å². The Labute approximate surface area is 102 Å². The number of likely N-dealkylation sites (N-methyl/N-ethyl adjacent to an activating group) is 1. The lowest BCUT2D eigenvalue weighted by atomic mass is 10.1. The van der Waals surface area contributed by atoms with Crippen LogP contribution in [0.3, 0.4) is 0 Å². The van der Waals surface area contributed by atoms with E-state index in [0.717, 1.165) is 26.2 Å². The molecule has 0 rings (SSSR count). The number of nitrogens with one attached hydrogen (secondary N) is 1. The fourth-order valence-corrected chi connectivity index (χ4v) is 1.66. The summed E-state index contributed by atoms with van der Waals surface area (Å²) < 4.78 is 5.04. The first kappa shape index (κ1) is 15.9. The predicted molar refractivity (Wildman–Crippen MR) is 71.0 cm³/mol. The van der Waals surface area contributed by atoms with Crippen LogP contribution in [0.2, 0.25) is 0 Å². The molecular weight excluding hydrogens is 200 g/mol. The van der Waals surface area contributed by atoms with E-state index in [2.05, 4.69) is 31.1 Å². The van der Waals surface area contributed by atoms with Gasteiger partial charge in [0.1, 0.15) is 0 Å². The monoisotopic (exact) mass is 230 g/mol. The lowest BCUT2D eigenvalue weighted by Crippen LogP contribution is -2.35. The van der Waals surface area contributed by atoms with E-state index in [4.69, 9.17) is 4.74 Å². The van der Waals surface area contributed by atoms with Gasteiger partial charge in [-0.1, -0.05) is 26.2 Å². The molecule has 0 aromatic carbocycles. The van der Waals surface area contributed by atoms with E-state index in [-0.39, 0.29) is 0 Å². The maximum Gasteiger partial charge on any atom is 0.0589 e. The third-order valence-electron chi connectivity index (χ3n) is 2.90. The Hall–Kier alpha value is -0.120.